The Morgan fingerprint density at radius 1 is 1.38 bits per heavy atom. The summed E-state index contributed by atoms with van der Waals surface area (Å²) in [5.41, 5.74) is 7.52. The molecule has 2 N–H and O–H groups in total. The van der Waals surface area contributed by atoms with Crippen LogP contribution in [0.15, 0.2) is 24.3 Å². The Bertz CT molecular complexity index is 469. The lowest BCUT2D eigenvalue weighted by Gasteiger charge is -2.35. The monoisotopic (exact) mass is 289 g/mol. The number of nitrogens with zero attached hydrogens (tertiary/aromatic N) is 2. The zero-order valence-electron chi connectivity index (χ0n) is 13.5. The topological polar surface area (TPSA) is 62.3 Å². The molecule has 1 aromatic carbocycles. The maximum absolute atomic E-state index is 9.08. The second kappa shape index (κ2) is 8.66. The standard InChI is InChI=1S/C17H27N3O/c1-5-16(19)17(20(6-2)12-13(3)11-18)14-8-7-9-15(10-14)21-4/h7-10,13,16-17H,5-6,12,19H2,1-4H3. The van der Waals surface area contributed by atoms with Crippen molar-refractivity contribution >= 4 is 0 Å². The van der Waals surface area contributed by atoms with Crippen LogP contribution in [-0.4, -0.2) is 31.1 Å². The first-order valence-electron chi connectivity index (χ1n) is 7.60. The Hall–Kier alpha value is -1.57. The van der Waals surface area contributed by atoms with Crippen LogP contribution in [0.3, 0.4) is 0 Å². The van der Waals surface area contributed by atoms with Crippen molar-refractivity contribution in [2.45, 2.75) is 39.3 Å². The van der Waals surface area contributed by atoms with E-state index in [4.69, 9.17) is 15.7 Å². The highest BCUT2D eigenvalue weighted by Gasteiger charge is 2.26. The van der Waals surface area contributed by atoms with E-state index in [1.54, 1.807) is 7.11 Å². The zero-order valence-corrected chi connectivity index (χ0v) is 13.5. The summed E-state index contributed by atoms with van der Waals surface area (Å²) >= 11 is 0. The molecule has 0 saturated heterocycles. The normalized spacial score (nSPS) is 15.3. The number of methoxy groups -OCH3 is 1. The summed E-state index contributed by atoms with van der Waals surface area (Å²) in [4.78, 5) is 2.29. The van der Waals surface area contributed by atoms with Crippen LogP contribution >= 0.6 is 0 Å². The minimum Gasteiger partial charge on any atom is -0.497 e. The molecule has 3 unspecified atom stereocenters. The number of nitrogens with two attached hydrogens (primary N) is 1. The number of hydrogen-bond donors (Lipinski definition) is 1. The molecular formula is C17H27N3O. The summed E-state index contributed by atoms with van der Waals surface area (Å²) in [6, 6.07) is 10.5. The van der Waals surface area contributed by atoms with Gasteiger partial charge in [0.05, 0.1) is 25.1 Å². The minimum absolute atomic E-state index is 0.0119. The summed E-state index contributed by atoms with van der Waals surface area (Å²) in [6.07, 6.45) is 0.888. The van der Waals surface area contributed by atoms with Gasteiger partial charge in [0.2, 0.25) is 0 Å². The van der Waals surface area contributed by atoms with Crippen molar-refractivity contribution in [3.63, 3.8) is 0 Å². The lowest BCUT2D eigenvalue weighted by molar-refractivity contribution is 0.165. The summed E-state index contributed by atoms with van der Waals surface area (Å²) in [6.45, 7) is 7.74. The van der Waals surface area contributed by atoms with E-state index in [0.717, 1.165) is 30.8 Å². The fourth-order valence-corrected chi connectivity index (χ4v) is 2.61. The van der Waals surface area contributed by atoms with Crippen LogP contribution in [0.2, 0.25) is 0 Å². The van der Waals surface area contributed by atoms with Gasteiger partial charge in [0.1, 0.15) is 5.75 Å². The smallest absolute Gasteiger partial charge is 0.119 e. The zero-order chi connectivity index (χ0) is 15.8. The van der Waals surface area contributed by atoms with Crippen LogP contribution in [0.1, 0.15) is 38.8 Å². The molecule has 0 aromatic heterocycles. The van der Waals surface area contributed by atoms with Gasteiger partial charge < -0.3 is 10.5 Å². The molecule has 0 aliphatic heterocycles. The Labute approximate surface area is 128 Å². The van der Waals surface area contributed by atoms with Crippen LogP contribution < -0.4 is 10.5 Å². The summed E-state index contributed by atoms with van der Waals surface area (Å²) in [5, 5.41) is 9.08. The van der Waals surface area contributed by atoms with E-state index in [-0.39, 0.29) is 18.0 Å². The lowest BCUT2D eigenvalue weighted by Crippen LogP contribution is -2.42. The van der Waals surface area contributed by atoms with E-state index in [1.807, 2.05) is 25.1 Å². The lowest BCUT2D eigenvalue weighted by atomic mass is 9.95. The molecule has 116 valence electrons. The van der Waals surface area contributed by atoms with Gasteiger partial charge in [0.25, 0.3) is 0 Å². The highest BCUT2D eigenvalue weighted by molar-refractivity contribution is 5.31. The average molecular weight is 289 g/mol. The molecule has 0 saturated carbocycles. The Kier molecular flexibility index (Phi) is 7.21. The molecule has 1 aromatic rings. The second-order valence-corrected chi connectivity index (χ2v) is 5.41. The van der Waals surface area contributed by atoms with Gasteiger partial charge >= 0.3 is 0 Å². The first-order valence-corrected chi connectivity index (χ1v) is 7.60. The van der Waals surface area contributed by atoms with Crippen molar-refractivity contribution < 1.29 is 4.74 Å². The van der Waals surface area contributed by atoms with Gasteiger partial charge in [0, 0.05) is 12.6 Å². The molecule has 1 rings (SSSR count). The third-order valence-corrected chi connectivity index (χ3v) is 3.84. The maximum atomic E-state index is 9.08. The third kappa shape index (κ3) is 4.73. The molecule has 0 radical (unpaired) electrons. The fraction of sp³-hybridized carbons (Fsp3) is 0.588. The van der Waals surface area contributed by atoms with Gasteiger partial charge in [-0.25, -0.2) is 0 Å². The van der Waals surface area contributed by atoms with Crippen molar-refractivity contribution in [3.8, 4) is 11.8 Å². The van der Waals surface area contributed by atoms with Gasteiger partial charge in [-0.15, -0.1) is 0 Å². The molecule has 3 atom stereocenters. The summed E-state index contributed by atoms with van der Waals surface area (Å²) < 4.78 is 5.32. The first kappa shape index (κ1) is 17.5. The van der Waals surface area contributed by atoms with Gasteiger partial charge in [-0.05, 0) is 37.6 Å². The predicted octanol–water partition coefficient (Wildman–Crippen LogP) is 2.96. The van der Waals surface area contributed by atoms with Crippen molar-refractivity contribution in [1.29, 1.82) is 5.26 Å². The minimum atomic E-state index is -0.0119. The predicted molar refractivity (Wildman–Crippen MR) is 86.0 cm³/mol. The third-order valence-electron chi connectivity index (χ3n) is 3.84. The van der Waals surface area contributed by atoms with Crippen LogP contribution in [0, 0.1) is 17.2 Å². The summed E-state index contributed by atoms with van der Waals surface area (Å²) in [7, 11) is 1.67. The van der Waals surface area contributed by atoms with Crippen LogP contribution in [0.5, 0.6) is 5.75 Å². The SMILES string of the molecule is CCC(N)C(c1cccc(OC)c1)N(CC)CC(C)C#N. The fourth-order valence-electron chi connectivity index (χ4n) is 2.61. The number of ether oxygens (including phenoxy) is 1. The van der Waals surface area contributed by atoms with E-state index in [9.17, 15) is 0 Å². The van der Waals surface area contributed by atoms with Gasteiger partial charge in [-0.2, -0.15) is 5.26 Å². The molecule has 4 nitrogen and oxygen atoms in total. The molecule has 21 heavy (non-hydrogen) atoms. The van der Waals surface area contributed by atoms with Crippen molar-refractivity contribution in [3.05, 3.63) is 29.8 Å². The summed E-state index contributed by atoms with van der Waals surface area (Å²) in [5.74, 6) is 0.826. The van der Waals surface area contributed by atoms with Crippen molar-refractivity contribution in [2.24, 2.45) is 11.7 Å². The van der Waals surface area contributed by atoms with E-state index in [0.29, 0.717) is 0 Å². The Morgan fingerprint density at radius 3 is 2.62 bits per heavy atom. The average Bonchev–Trinajstić information content (AvgIpc) is 2.53. The Balaban J connectivity index is 3.11. The van der Waals surface area contributed by atoms with Crippen LogP contribution in [-0.2, 0) is 0 Å². The van der Waals surface area contributed by atoms with E-state index in [1.165, 1.54) is 0 Å². The highest BCUT2D eigenvalue weighted by Crippen LogP contribution is 2.28. The van der Waals surface area contributed by atoms with E-state index in [2.05, 4.69) is 30.9 Å². The Morgan fingerprint density at radius 2 is 2.10 bits per heavy atom. The first-order chi connectivity index (χ1) is 10.1. The number of likely N-dealkylation sites (N-methyl/N-ethyl adjacent to an activating group) is 1. The molecule has 0 heterocycles. The van der Waals surface area contributed by atoms with E-state index >= 15 is 0 Å². The van der Waals surface area contributed by atoms with Gasteiger partial charge in [0.15, 0.2) is 0 Å². The number of hydrogen-bond acceptors (Lipinski definition) is 4. The van der Waals surface area contributed by atoms with Crippen molar-refractivity contribution in [1.82, 2.24) is 4.90 Å². The quantitative estimate of drug-likeness (QED) is 0.799. The van der Waals surface area contributed by atoms with Crippen molar-refractivity contribution in [2.75, 3.05) is 20.2 Å². The molecule has 0 bridgehead atoms. The largest absolute Gasteiger partial charge is 0.497 e. The number of benzene rings is 1. The van der Waals surface area contributed by atoms with Gasteiger partial charge in [-0.1, -0.05) is 26.0 Å². The molecule has 0 amide bonds. The number of nitriles is 1. The molecule has 0 spiro atoms. The van der Waals surface area contributed by atoms with Crippen LogP contribution in [0.4, 0.5) is 0 Å². The van der Waals surface area contributed by atoms with Gasteiger partial charge in [-0.3, -0.25) is 4.90 Å². The molecule has 0 aliphatic carbocycles. The number of rotatable bonds is 8. The second-order valence-electron chi connectivity index (χ2n) is 5.41. The molecule has 0 fully saturated rings. The molecular weight excluding hydrogens is 262 g/mol. The molecule has 0 aliphatic rings. The highest BCUT2D eigenvalue weighted by atomic mass is 16.5. The maximum Gasteiger partial charge on any atom is 0.119 e. The van der Waals surface area contributed by atoms with E-state index < -0.39 is 0 Å². The van der Waals surface area contributed by atoms with Crippen LogP contribution in [0.25, 0.3) is 0 Å². The molecule has 4 heteroatoms.